The van der Waals surface area contributed by atoms with Gasteiger partial charge in [-0.3, -0.25) is 0 Å². The Bertz CT molecular complexity index is 105. The molecule has 0 fully saturated rings. The molecule has 0 atom stereocenters. The van der Waals surface area contributed by atoms with Crippen molar-refractivity contribution in [1.29, 1.82) is 0 Å². The van der Waals surface area contributed by atoms with Crippen molar-refractivity contribution >= 4 is 18.2 Å². The molecule has 0 spiro atoms. The number of hydrogen-bond acceptors (Lipinski definition) is 2. The number of allylic oxidation sites excluding steroid dienone is 2. The van der Waals surface area contributed by atoms with Gasteiger partial charge in [0.05, 0.1) is 0 Å². The lowest BCUT2D eigenvalue weighted by Crippen LogP contribution is -1.52. The first kappa shape index (κ1) is 7.50. The molecule has 0 aliphatic heterocycles. The predicted octanol–water partition coefficient (Wildman–Crippen LogP) is 2.43. The zero-order valence-electron chi connectivity index (χ0n) is 4.87. The van der Waals surface area contributed by atoms with Gasteiger partial charge in [-0.15, -0.1) is 0 Å². The fraction of sp³-hybridized carbons (Fsp3) is 0.167. The second kappa shape index (κ2) is 6.50. The van der Waals surface area contributed by atoms with Crippen molar-refractivity contribution in [2.45, 2.75) is 6.92 Å². The van der Waals surface area contributed by atoms with Crippen LogP contribution in [0.4, 0.5) is 0 Å². The minimum absolute atomic E-state index is 1.40. The minimum Gasteiger partial charge on any atom is -0.220 e. The first-order valence-electron chi connectivity index (χ1n) is 2.33. The lowest BCUT2D eigenvalue weighted by molar-refractivity contribution is 1.78. The summed E-state index contributed by atoms with van der Waals surface area (Å²) in [5.74, 6) is 0. The molecule has 0 aromatic carbocycles. The Balaban J connectivity index is 3.15. The van der Waals surface area contributed by atoms with Gasteiger partial charge in [-0.1, -0.05) is 18.7 Å². The van der Waals surface area contributed by atoms with Gasteiger partial charge < -0.3 is 0 Å². The highest BCUT2D eigenvalue weighted by Crippen LogP contribution is 2.00. The zero-order chi connectivity index (χ0) is 6.24. The van der Waals surface area contributed by atoms with E-state index < -0.39 is 0 Å². The average molecular weight is 127 g/mol. The van der Waals surface area contributed by atoms with Crippen LogP contribution in [0.15, 0.2) is 28.5 Å². The monoisotopic (exact) mass is 127 g/mol. The SMILES string of the molecule is C=C/C=N\S/C=C\C. The molecule has 0 saturated heterocycles. The average Bonchev–Trinajstić information content (AvgIpc) is 1.81. The van der Waals surface area contributed by atoms with Crippen LogP contribution in [0, 0.1) is 0 Å². The van der Waals surface area contributed by atoms with Gasteiger partial charge in [0, 0.05) is 18.2 Å². The van der Waals surface area contributed by atoms with Gasteiger partial charge in [0.2, 0.25) is 0 Å². The molecule has 0 rings (SSSR count). The fourth-order valence-corrected chi connectivity index (χ4v) is 0.522. The Labute approximate surface area is 54.3 Å². The van der Waals surface area contributed by atoms with Crippen molar-refractivity contribution in [3.05, 3.63) is 24.1 Å². The third kappa shape index (κ3) is 5.50. The van der Waals surface area contributed by atoms with Crippen LogP contribution in [0.25, 0.3) is 0 Å². The lowest BCUT2D eigenvalue weighted by atomic mass is 10.7. The molecule has 44 valence electrons. The highest BCUT2D eigenvalue weighted by Gasteiger charge is 1.63. The minimum atomic E-state index is 1.40. The van der Waals surface area contributed by atoms with E-state index in [1.165, 1.54) is 11.9 Å². The second-order valence-electron chi connectivity index (χ2n) is 1.07. The number of rotatable bonds is 3. The maximum atomic E-state index is 3.87. The first-order chi connectivity index (χ1) is 3.91. The van der Waals surface area contributed by atoms with Crippen LogP contribution in [0.1, 0.15) is 6.92 Å². The van der Waals surface area contributed by atoms with Crippen LogP contribution in [0.5, 0.6) is 0 Å². The van der Waals surface area contributed by atoms with E-state index >= 15 is 0 Å². The molecule has 0 aliphatic carbocycles. The summed E-state index contributed by atoms with van der Waals surface area (Å²) >= 11 is 1.40. The van der Waals surface area contributed by atoms with Gasteiger partial charge in [-0.05, 0) is 12.3 Å². The van der Waals surface area contributed by atoms with Crippen LogP contribution in [-0.2, 0) is 0 Å². The normalized spacial score (nSPS) is 11.1. The molecule has 0 radical (unpaired) electrons. The maximum absolute atomic E-state index is 3.87. The van der Waals surface area contributed by atoms with Crippen molar-refractivity contribution in [3.8, 4) is 0 Å². The zero-order valence-corrected chi connectivity index (χ0v) is 5.69. The Morgan fingerprint density at radius 1 is 1.62 bits per heavy atom. The molecule has 0 N–H and O–H groups in total. The van der Waals surface area contributed by atoms with E-state index in [0.717, 1.165) is 0 Å². The third-order valence-corrected chi connectivity index (χ3v) is 1.06. The standard InChI is InChI=1S/C6H9NS/c1-3-5-7-8-6-4-2/h3-6H,1H2,2H3/b6-4-,7-5-. The fourth-order valence-electron chi connectivity index (χ4n) is 0.174. The molecular formula is C6H9NS. The van der Waals surface area contributed by atoms with Crippen LogP contribution in [0.3, 0.4) is 0 Å². The highest BCUT2D eigenvalue weighted by atomic mass is 32.2. The van der Waals surface area contributed by atoms with E-state index in [9.17, 15) is 0 Å². The summed E-state index contributed by atoms with van der Waals surface area (Å²) in [6.45, 7) is 5.43. The van der Waals surface area contributed by atoms with Crippen LogP contribution in [0.2, 0.25) is 0 Å². The molecule has 0 aromatic heterocycles. The molecule has 1 nitrogen and oxygen atoms in total. The first-order valence-corrected chi connectivity index (χ1v) is 3.17. The number of hydrogen-bond donors (Lipinski definition) is 0. The van der Waals surface area contributed by atoms with E-state index in [2.05, 4.69) is 11.0 Å². The molecule has 0 unspecified atom stereocenters. The molecule has 0 amide bonds. The van der Waals surface area contributed by atoms with E-state index in [0.29, 0.717) is 0 Å². The second-order valence-corrected chi connectivity index (χ2v) is 1.76. The van der Waals surface area contributed by atoms with Gasteiger partial charge >= 0.3 is 0 Å². The van der Waals surface area contributed by atoms with Gasteiger partial charge in [0.25, 0.3) is 0 Å². The van der Waals surface area contributed by atoms with Crippen molar-refractivity contribution in [2.24, 2.45) is 4.40 Å². The van der Waals surface area contributed by atoms with Gasteiger partial charge in [-0.25, -0.2) is 4.40 Å². The summed E-state index contributed by atoms with van der Waals surface area (Å²) in [6, 6.07) is 0. The van der Waals surface area contributed by atoms with Crippen molar-refractivity contribution < 1.29 is 0 Å². The highest BCUT2D eigenvalue weighted by molar-refractivity contribution is 8.01. The van der Waals surface area contributed by atoms with Crippen molar-refractivity contribution in [1.82, 2.24) is 0 Å². The van der Waals surface area contributed by atoms with E-state index in [1.807, 2.05) is 18.4 Å². The smallest absolute Gasteiger partial charge is 0.0349 e. The Hall–Kier alpha value is -0.500. The van der Waals surface area contributed by atoms with Gasteiger partial charge in [0.1, 0.15) is 0 Å². The molecule has 0 bridgehead atoms. The quantitative estimate of drug-likeness (QED) is 0.419. The summed E-state index contributed by atoms with van der Waals surface area (Å²) in [7, 11) is 0. The molecule has 0 saturated carbocycles. The van der Waals surface area contributed by atoms with Gasteiger partial charge in [0.15, 0.2) is 0 Å². The van der Waals surface area contributed by atoms with E-state index in [-0.39, 0.29) is 0 Å². The van der Waals surface area contributed by atoms with Gasteiger partial charge in [-0.2, -0.15) is 0 Å². The Morgan fingerprint density at radius 3 is 2.88 bits per heavy atom. The molecular weight excluding hydrogens is 118 g/mol. The summed E-state index contributed by atoms with van der Waals surface area (Å²) in [5.41, 5.74) is 0. The Kier molecular flexibility index (Phi) is 6.09. The van der Waals surface area contributed by atoms with Crippen molar-refractivity contribution in [2.75, 3.05) is 0 Å². The van der Waals surface area contributed by atoms with Crippen LogP contribution >= 0.6 is 11.9 Å². The van der Waals surface area contributed by atoms with Crippen molar-refractivity contribution in [3.63, 3.8) is 0 Å². The summed E-state index contributed by atoms with van der Waals surface area (Å²) in [5, 5.41) is 1.90. The maximum Gasteiger partial charge on any atom is 0.0349 e. The largest absolute Gasteiger partial charge is 0.220 e. The van der Waals surface area contributed by atoms with E-state index in [4.69, 9.17) is 0 Å². The van der Waals surface area contributed by atoms with Crippen LogP contribution in [-0.4, -0.2) is 6.21 Å². The summed E-state index contributed by atoms with van der Waals surface area (Å²) in [6.07, 6.45) is 5.24. The molecule has 0 aromatic rings. The lowest BCUT2D eigenvalue weighted by Gasteiger charge is -1.74. The topological polar surface area (TPSA) is 12.4 Å². The number of nitrogens with zero attached hydrogens (tertiary/aromatic N) is 1. The third-order valence-electron chi connectivity index (χ3n) is 0.424. The molecule has 0 heterocycles. The molecule has 2 heteroatoms. The Morgan fingerprint density at radius 2 is 2.38 bits per heavy atom. The molecule has 0 aliphatic rings. The van der Waals surface area contributed by atoms with E-state index in [1.54, 1.807) is 12.3 Å². The summed E-state index contributed by atoms with van der Waals surface area (Å²) < 4.78 is 3.87. The molecule has 8 heavy (non-hydrogen) atoms. The summed E-state index contributed by atoms with van der Waals surface area (Å²) in [4.78, 5) is 0. The van der Waals surface area contributed by atoms with Crippen LogP contribution < -0.4 is 0 Å². The predicted molar refractivity (Wildman–Crippen MR) is 41.1 cm³/mol.